The lowest BCUT2D eigenvalue weighted by Gasteiger charge is -2.42. The quantitative estimate of drug-likeness (QED) is 0.343. The van der Waals surface area contributed by atoms with Crippen molar-refractivity contribution in [1.82, 2.24) is 4.90 Å². The third-order valence-electron chi connectivity index (χ3n) is 7.36. The summed E-state index contributed by atoms with van der Waals surface area (Å²) in [5.41, 5.74) is 0.712. The first-order chi connectivity index (χ1) is 18.7. The number of Topliss-reactive ketones (excluding diaryl/α,β-unsaturated/α-hetero) is 1. The molecule has 0 amide bonds. The van der Waals surface area contributed by atoms with Crippen LogP contribution < -0.4 is 19.1 Å². The van der Waals surface area contributed by atoms with Crippen LogP contribution in [0.3, 0.4) is 0 Å². The van der Waals surface area contributed by atoms with Crippen molar-refractivity contribution in [2.75, 3.05) is 37.8 Å². The van der Waals surface area contributed by atoms with E-state index in [1.807, 2.05) is 20.8 Å². The zero-order chi connectivity index (χ0) is 29.6. The molecule has 9 nitrogen and oxygen atoms in total. The average molecular weight is 637 g/mol. The van der Waals surface area contributed by atoms with Crippen LogP contribution in [0.15, 0.2) is 18.2 Å². The first-order valence-corrected chi connectivity index (χ1v) is 13.5. The molecule has 41 heavy (non-hydrogen) atoms. The summed E-state index contributed by atoms with van der Waals surface area (Å²) in [5.74, 6) is -1.23. The van der Waals surface area contributed by atoms with Crippen LogP contribution in [0.4, 0.5) is 10.1 Å². The maximum Gasteiger partial charge on any atom is 0.328 e. The van der Waals surface area contributed by atoms with Crippen LogP contribution in [0.25, 0.3) is 0 Å². The number of carboxylic acids is 1. The number of halogens is 2. The number of ether oxygens (including phenoxy) is 3. The second-order valence-corrected chi connectivity index (χ2v) is 11.5. The van der Waals surface area contributed by atoms with Crippen LogP contribution in [0.2, 0.25) is 0 Å². The van der Waals surface area contributed by atoms with E-state index in [-0.39, 0.29) is 65.4 Å². The van der Waals surface area contributed by atoms with E-state index in [1.165, 1.54) is 4.90 Å². The van der Waals surface area contributed by atoms with Gasteiger partial charge in [0.15, 0.2) is 23.1 Å². The van der Waals surface area contributed by atoms with Gasteiger partial charge in [-0.05, 0) is 56.9 Å². The molecule has 0 atom stereocenters. The van der Waals surface area contributed by atoms with E-state index in [1.54, 1.807) is 50.8 Å². The molecule has 0 aromatic heterocycles. The molecule has 0 aliphatic carbocycles. The highest BCUT2D eigenvalue weighted by atomic mass is 79.9. The molecule has 0 saturated carbocycles. The fourth-order valence-electron chi connectivity index (χ4n) is 5.16. The van der Waals surface area contributed by atoms with Gasteiger partial charge in [0, 0.05) is 17.7 Å². The van der Waals surface area contributed by atoms with Crippen LogP contribution in [0.1, 0.15) is 75.5 Å². The number of aliphatic carboxylic acids is 1. The Morgan fingerprint density at radius 1 is 1.10 bits per heavy atom. The lowest BCUT2D eigenvalue weighted by molar-refractivity contribution is -0.142. The molecule has 2 aromatic rings. The maximum atomic E-state index is 15.5. The van der Waals surface area contributed by atoms with E-state index in [0.717, 1.165) is 5.56 Å². The number of ketones is 1. The fourth-order valence-corrected chi connectivity index (χ4v) is 5.16. The third-order valence-corrected chi connectivity index (χ3v) is 7.36. The fraction of sp³-hybridized carbons (Fsp3) is 0.500. The molecule has 0 bridgehead atoms. The topological polar surface area (TPSA) is 112 Å². The summed E-state index contributed by atoms with van der Waals surface area (Å²) in [4.78, 5) is 29.1. The molecule has 2 aromatic carbocycles. The molecule has 0 spiro atoms. The van der Waals surface area contributed by atoms with Gasteiger partial charge in [-0.15, -0.1) is 17.0 Å². The van der Waals surface area contributed by atoms with Crippen molar-refractivity contribution in [3.63, 3.8) is 0 Å². The molecular weight excluding hydrogens is 597 g/mol. The molecular formula is C30H39BrFN3O6. The van der Waals surface area contributed by atoms with Crippen molar-refractivity contribution in [1.29, 1.82) is 5.41 Å². The predicted molar refractivity (Wildman–Crippen MR) is 160 cm³/mol. The minimum atomic E-state index is -1.23. The normalized spacial score (nSPS) is 14.6. The van der Waals surface area contributed by atoms with Gasteiger partial charge in [-0.1, -0.05) is 20.8 Å². The lowest BCUT2D eigenvalue weighted by atomic mass is 9.83. The molecule has 11 heteroatoms. The van der Waals surface area contributed by atoms with Gasteiger partial charge in [0.25, 0.3) is 0 Å². The molecule has 0 fully saturated rings. The summed E-state index contributed by atoms with van der Waals surface area (Å²) in [6, 6.07) is 5.13. The Hall–Kier alpha value is -3.34. The number of hydrogen-bond donors (Lipinski definition) is 2. The molecule has 0 radical (unpaired) electrons. The van der Waals surface area contributed by atoms with Crippen molar-refractivity contribution in [3.8, 4) is 17.2 Å². The van der Waals surface area contributed by atoms with E-state index < -0.39 is 22.7 Å². The summed E-state index contributed by atoms with van der Waals surface area (Å²) in [7, 11) is 0. The zero-order valence-electron chi connectivity index (χ0n) is 24.6. The van der Waals surface area contributed by atoms with E-state index in [9.17, 15) is 14.7 Å². The minimum Gasteiger partial charge on any atom is -0.490 e. The first-order valence-electron chi connectivity index (χ1n) is 13.5. The second kappa shape index (κ2) is 11.9. The number of fused-ring (bicyclic) bond motifs is 2. The molecule has 2 heterocycles. The highest BCUT2D eigenvalue weighted by Crippen LogP contribution is 2.44. The number of nitrogens with one attached hydrogen (secondary N) is 1. The molecule has 4 rings (SSSR count). The Kier molecular flexibility index (Phi) is 9.32. The summed E-state index contributed by atoms with van der Waals surface area (Å²) >= 11 is 0. The Balaban J connectivity index is 0.00000462. The van der Waals surface area contributed by atoms with Crippen molar-refractivity contribution >= 4 is 40.3 Å². The van der Waals surface area contributed by atoms with Crippen LogP contribution in [0, 0.1) is 11.2 Å². The Morgan fingerprint density at radius 3 is 2.34 bits per heavy atom. The molecule has 0 saturated heterocycles. The van der Waals surface area contributed by atoms with Crippen molar-refractivity contribution in [2.24, 2.45) is 0 Å². The molecule has 2 aliphatic rings. The Labute approximate surface area is 250 Å². The smallest absolute Gasteiger partial charge is 0.328 e. The number of hydrogen-bond acceptors (Lipinski definition) is 7. The minimum absolute atomic E-state index is 0. The zero-order valence-corrected chi connectivity index (χ0v) is 26.4. The number of carbonyl (C=O) groups excluding carboxylic acids is 1. The molecule has 224 valence electrons. The van der Waals surface area contributed by atoms with E-state index in [0.29, 0.717) is 42.3 Å². The number of amidine groups is 1. The highest BCUT2D eigenvalue weighted by molar-refractivity contribution is 8.93. The summed E-state index contributed by atoms with van der Waals surface area (Å²) < 4.78 is 32.6. The Morgan fingerprint density at radius 2 is 1.76 bits per heavy atom. The van der Waals surface area contributed by atoms with Gasteiger partial charge in [0.05, 0.1) is 37.6 Å². The largest absolute Gasteiger partial charge is 0.490 e. The number of carboxylic acid groups (broad SMARTS) is 1. The standard InChI is InChI=1S/C30H38FN3O6.BrH/c1-8-38-22-14-18-15-33(27(32)23(18)24(31)26(22)39-9-2)16-21(35)17-12-19(29(3,4)5)25-20(13-17)34(10-11-40-25)30(6,7)28(36)37;/h12-14,32H,8-11,15-16H2,1-7H3,(H,36,37);1H. The van der Waals surface area contributed by atoms with E-state index in [2.05, 4.69) is 0 Å². The SMILES string of the molecule is Br.CCOc1cc2c(c(F)c1OCC)C(=N)N(CC(=O)c1cc3c(c(C(C)(C)C)c1)OCCN3C(C)(C)C(=O)O)C2. The first kappa shape index (κ1) is 32.2. The molecule has 2 aliphatic heterocycles. The number of nitrogens with zero attached hydrogens (tertiary/aromatic N) is 2. The van der Waals surface area contributed by atoms with Crippen LogP contribution >= 0.6 is 17.0 Å². The van der Waals surface area contributed by atoms with E-state index >= 15 is 4.39 Å². The van der Waals surface area contributed by atoms with Crippen molar-refractivity contribution in [3.05, 3.63) is 46.3 Å². The number of carbonyl (C=O) groups is 2. The van der Waals surface area contributed by atoms with Crippen LogP contribution in [-0.2, 0) is 16.8 Å². The van der Waals surface area contributed by atoms with Gasteiger partial charge in [-0.25, -0.2) is 9.18 Å². The van der Waals surface area contributed by atoms with Gasteiger partial charge in [-0.2, -0.15) is 0 Å². The van der Waals surface area contributed by atoms with Crippen LogP contribution in [-0.4, -0.2) is 66.0 Å². The summed E-state index contributed by atoms with van der Waals surface area (Å²) in [6.07, 6.45) is 0. The third kappa shape index (κ3) is 5.86. The highest BCUT2D eigenvalue weighted by Gasteiger charge is 2.40. The van der Waals surface area contributed by atoms with Gasteiger partial charge < -0.3 is 29.1 Å². The van der Waals surface area contributed by atoms with Crippen molar-refractivity contribution < 1.29 is 33.3 Å². The van der Waals surface area contributed by atoms with Gasteiger partial charge in [0.1, 0.15) is 23.7 Å². The van der Waals surface area contributed by atoms with Gasteiger partial charge in [-0.3, -0.25) is 10.2 Å². The summed E-state index contributed by atoms with van der Waals surface area (Å²) in [6.45, 7) is 14.0. The second-order valence-electron chi connectivity index (χ2n) is 11.5. The molecule has 2 N–H and O–H groups in total. The number of benzene rings is 2. The van der Waals surface area contributed by atoms with Crippen molar-refractivity contribution in [2.45, 2.75) is 66.0 Å². The van der Waals surface area contributed by atoms with Crippen LogP contribution in [0.5, 0.6) is 17.2 Å². The number of rotatable bonds is 9. The average Bonchev–Trinajstić information content (AvgIpc) is 3.19. The summed E-state index contributed by atoms with van der Waals surface area (Å²) in [5, 5.41) is 18.6. The lowest BCUT2D eigenvalue weighted by Crippen LogP contribution is -2.53. The number of anilines is 1. The Bertz CT molecular complexity index is 1370. The van der Waals surface area contributed by atoms with Gasteiger partial charge >= 0.3 is 5.97 Å². The monoisotopic (exact) mass is 635 g/mol. The van der Waals surface area contributed by atoms with E-state index in [4.69, 9.17) is 19.6 Å². The predicted octanol–water partition coefficient (Wildman–Crippen LogP) is 5.58. The maximum absolute atomic E-state index is 15.5. The molecule has 0 unspecified atom stereocenters. The van der Waals surface area contributed by atoms with Gasteiger partial charge in [0.2, 0.25) is 0 Å².